The third-order valence-corrected chi connectivity index (χ3v) is 5.67. The number of hydrogen-bond acceptors (Lipinski definition) is 2. The van der Waals surface area contributed by atoms with Gasteiger partial charge >= 0.3 is 12.2 Å². The van der Waals surface area contributed by atoms with E-state index >= 15 is 4.39 Å². The molecule has 206 valence electrons. The maximum Gasteiger partial charge on any atom is 0.429 e. The Morgan fingerprint density at radius 1 is 0.641 bits per heavy atom. The van der Waals surface area contributed by atoms with Crippen molar-refractivity contribution >= 4 is 10.8 Å². The lowest BCUT2D eigenvalue weighted by Crippen LogP contribution is -2.24. The van der Waals surface area contributed by atoms with Gasteiger partial charge in [0.1, 0.15) is 17.1 Å². The molecular formula is C27H16F10O2. The molecule has 0 radical (unpaired) electrons. The molecule has 0 saturated heterocycles. The van der Waals surface area contributed by atoms with E-state index in [0.29, 0.717) is 24.6 Å². The van der Waals surface area contributed by atoms with E-state index in [2.05, 4.69) is 9.47 Å². The van der Waals surface area contributed by atoms with Crippen LogP contribution in [0, 0.1) is 34.9 Å². The molecule has 0 bridgehead atoms. The predicted octanol–water partition coefficient (Wildman–Crippen LogP) is 8.88. The summed E-state index contributed by atoms with van der Waals surface area (Å²) >= 11 is 0. The van der Waals surface area contributed by atoms with Crippen LogP contribution in [0.5, 0.6) is 11.5 Å². The summed E-state index contributed by atoms with van der Waals surface area (Å²) in [6.45, 7) is 1.89. The second-order valence-electron chi connectivity index (χ2n) is 8.41. The van der Waals surface area contributed by atoms with Crippen LogP contribution in [0.1, 0.15) is 30.0 Å². The minimum absolute atomic E-state index is 0.0622. The summed E-state index contributed by atoms with van der Waals surface area (Å²) in [4.78, 5) is 0. The lowest BCUT2D eigenvalue weighted by molar-refractivity contribution is -0.187. The Morgan fingerprint density at radius 3 is 1.85 bits per heavy atom. The standard InChI is InChI=1S/C27H16F10O2/c1-2-3-13-4-7-15(8-5-13)26(34,35)39-20-10-14-6-9-17(22(30)21(14)25(33)24(20)32)27(36,37)38-16-11-18(28)23(31)19(29)12-16/h4-12H,2-3H2,1H3. The summed E-state index contributed by atoms with van der Waals surface area (Å²) < 4.78 is 151. The number of alkyl halides is 4. The fourth-order valence-electron chi connectivity index (χ4n) is 3.80. The van der Waals surface area contributed by atoms with Gasteiger partial charge in [0.25, 0.3) is 0 Å². The molecular weight excluding hydrogens is 546 g/mol. The SMILES string of the molecule is CCCc1ccc(C(F)(F)Oc2cc3ccc(C(F)(F)Oc4cc(F)c(F)c(F)c4)c(F)c3c(F)c2F)cc1. The van der Waals surface area contributed by atoms with E-state index in [0.717, 1.165) is 24.1 Å². The van der Waals surface area contributed by atoms with Gasteiger partial charge in [-0.05, 0) is 41.6 Å². The van der Waals surface area contributed by atoms with Gasteiger partial charge in [-0.2, -0.15) is 22.0 Å². The quantitative estimate of drug-likeness (QED) is 0.158. The average molecular weight is 562 g/mol. The molecule has 0 atom stereocenters. The molecule has 4 aromatic rings. The third-order valence-electron chi connectivity index (χ3n) is 5.67. The maximum atomic E-state index is 15.0. The molecule has 12 heteroatoms. The van der Waals surface area contributed by atoms with Gasteiger partial charge in [0.2, 0.25) is 5.82 Å². The van der Waals surface area contributed by atoms with Crippen LogP contribution in [0.25, 0.3) is 10.8 Å². The highest BCUT2D eigenvalue weighted by Gasteiger charge is 2.40. The van der Waals surface area contributed by atoms with Crippen molar-refractivity contribution in [1.82, 2.24) is 0 Å². The first-order chi connectivity index (χ1) is 18.2. The monoisotopic (exact) mass is 562 g/mol. The summed E-state index contributed by atoms with van der Waals surface area (Å²) in [5, 5.41) is -1.99. The highest BCUT2D eigenvalue weighted by atomic mass is 19.3. The Bertz CT molecular complexity index is 1510. The molecule has 0 aliphatic carbocycles. The zero-order valence-electron chi connectivity index (χ0n) is 19.7. The first kappa shape index (κ1) is 28.1. The summed E-state index contributed by atoms with van der Waals surface area (Å²) in [5.74, 6) is -14.6. The number of benzene rings is 4. The number of halogens is 10. The van der Waals surface area contributed by atoms with E-state index in [4.69, 9.17) is 0 Å². The molecule has 0 N–H and O–H groups in total. The molecule has 0 unspecified atom stereocenters. The van der Waals surface area contributed by atoms with E-state index < -0.39 is 80.5 Å². The molecule has 0 spiro atoms. The largest absolute Gasteiger partial charge is 0.429 e. The zero-order valence-corrected chi connectivity index (χ0v) is 19.7. The van der Waals surface area contributed by atoms with Crippen molar-refractivity contribution in [3.8, 4) is 11.5 Å². The van der Waals surface area contributed by atoms with Crippen molar-refractivity contribution in [2.45, 2.75) is 32.0 Å². The summed E-state index contributed by atoms with van der Waals surface area (Å²) in [5.41, 5.74) is -1.62. The lowest BCUT2D eigenvalue weighted by atomic mass is 10.0. The summed E-state index contributed by atoms with van der Waals surface area (Å²) in [6, 6.07) is 6.50. The second-order valence-corrected chi connectivity index (χ2v) is 8.41. The van der Waals surface area contributed by atoms with Gasteiger partial charge < -0.3 is 9.47 Å². The molecule has 4 aromatic carbocycles. The van der Waals surface area contributed by atoms with Crippen LogP contribution in [-0.2, 0) is 18.6 Å². The summed E-state index contributed by atoms with van der Waals surface area (Å²) in [7, 11) is 0. The molecule has 0 saturated carbocycles. The van der Waals surface area contributed by atoms with Gasteiger partial charge in [0, 0.05) is 12.1 Å². The third kappa shape index (κ3) is 5.45. The second kappa shape index (κ2) is 10.3. The van der Waals surface area contributed by atoms with Crippen LogP contribution in [0.2, 0.25) is 0 Å². The van der Waals surface area contributed by atoms with E-state index in [-0.39, 0.29) is 12.1 Å². The van der Waals surface area contributed by atoms with Crippen LogP contribution in [0.4, 0.5) is 43.9 Å². The van der Waals surface area contributed by atoms with E-state index in [1.165, 1.54) is 12.1 Å². The molecule has 4 rings (SSSR count). The van der Waals surface area contributed by atoms with Crippen LogP contribution in [0.3, 0.4) is 0 Å². The fourth-order valence-corrected chi connectivity index (χ4v) is 3.80. The number of hydrogen-bond donors (Lipinski definition) is 0. The Kier molecular flexibility index (Phi) is 7.42. The van der Waals surface area contributed by atoms with Gasteiger partial charge in [-0.1, -0.05) is 31.5 Å². The first-order valence-corrected chi connectivity index (χ1v) is 11.2. The van der Waals surface area contributed by atoms with Gasteiger partial charge in [0.05, 0.1) is 10.9 Å². The molecule has 0 fully saturated rings. The molecule has 39 heavy (non-hydrogen) atoms. The van der Waals surface area contributed by atoms with E-state index in [1.54, 1.807) is 0 Å². The van der Waals surface area contributed by atoms with Crippen molar-refractivity contribution in [2.24, 2.45) is 0 Å². The van der Waals surface area contributed by atoms with E-state index in [9.17, 15) is 39.5 Å². The molecule has 0 amide bonds. The minimum Gasteiger partial charge on any atom is -0.429 e. The number of aryl methyl sites for hydroxylation is 1. The summed E-state index contributed by atoms with van der Waals surface area (Å²) in [6.07, 6.45) is -7.49. The van der Waals surface area contributed by atoms with Gasteiger partial charge in [0.15, 0.2) is 29.0 Å². The number of fused-ring (bicyclic) bond motifs is 1. The van der Waals surface area contributed by atoms with Gasteiger partial charge in [-0.15, -0.1) is 0 Å². The van der Waals surface area contributed by atoms with Crippen molar-refractivity contribution in [3.63, 3.8) is 0 Å². The van der Waals surface area contributed by atoms with Crippen molar-refractivity contribution in [1.29, 1.82) is 0 Å². The smallest absolute Gasteiger partial charge is 0.429 e. The number of rotatable bonds is 8. The molecule has 2 nitrogen and oxygen atoms in total. The lowest BCUT2D eigenvalue weighted by Gasteiger charge is -2.21. The minimum atomic E-state index is -4.72. The van der Waals surface area contributed by atoms with E-state index in [1.807, 2.05) is 6.92 Å². The van der Waals surface area contributed by atoms with Crippen LogP contribution in [-0.4, -0.2) is 0 Å². The Labute approximate surface area is 214 Å². The number of ether oxygens (including phenoxy) is 2. The van der Waals surface area contributed by atoms with Crippen molar-refractivity contribution in [3.05, 3.63) is 106 Å². The molecule has 0 heterocycles. The Morgan fingerprint density at radius 2 is 1.26 bits per heavy atom. The molecule has 0 aliphatic heterocycles. The average Bonchev–Trinajstić information content (AvgIpc) is 2.85. The highest BCUT2D eigenvalue weighted by molar-refractivity contribution is 5.86. The molecule has 0 aromatic heterocycles. The maximum absolute atomic E-state index is 15.0. The van der Waals surface area contributed by atoms with Gasteiger partial charge in [-0.25, -0.2) is 22.0 Å². The Balaban J connectivity index is 1.69. The zero-order chi connectivity index (χ0) is 28.7. The fraction of sp³-hybridized carbons (Fsp3) is 0.185. The predicted molar refractivity (Wildman–Crippen MR) is 120 cm³/mol. The highest BCUT2D eigenvalue weighted by Crippen LogP contribution is 2.41. The van der Waals surface area contributed by atoms with Crippen molar-refractivity contribution < 1.29 is 53.4 Å². The first-order valence-electron chi connectivity index (χ1n) is 11.2. The topological polar surface area (TPSA) is 18.5 Å². The van der Waals surface area contributed by atoms with Gasteiger partial charge in [-0.3, -0.25) is 0 Å². The molecule has 0 aliphatic rings. The van der Waals surface area contributed by atoms with Crippen LogP contribution >= 0.6 is 0 Å². The van der Waals surface area contributed by atoms with Crippen LogP contribution < -0.4 is 9.47 Å². The van der Waals surface area contributed by atoms with Crippen molar-refractivity contribution in [2.75, 3.05) is 0 Å². The Hall–Kier alpha value is -3.96. The normalized spacial score (nSPS) is 12.2. The van der Waals surface area contributed by atoms with Crippen LogP contribution in [0.15, 0.2) is 54.6 Å².